The number of rotatable bonds is 3. The van der Waals surface area contributed by atoms with Crippen molar-refractivity contribution >= 4 is 17.7 Å². The summed E-state index contributed by atoms with van der Waals surface area (Å²) in [7, 11) is 0. The van der Waals surface area contributed by atoms with E-state index >= 15 is 0 Å². The average Bonchev–Trinajstić information content (AvgIpc) is 2.45. The lowest BCUT2D eigenvalue weighted by molar-refractivity contribution is -0.0328. The zero-order chi connectivity index (χ0) is 15.5. The first kappa shape index (κ1) is 16.2. The number of carbonyl (C=O) groups excluding carboxylic acids is 1. The number of halogens is 3. The summed E-state index contributed by atoms with van der Waals surface area (Å²) < 4.78 is 37.7. The number of hydrogen-bond donors (Lipinski definition) is 1. The van der Waals surface area contributed by atoms with E-state index in [1.54, 1.807) is 6.07 Å². The predicted octanol–water partition coefficient (Wildman–Crippen LogP) is 3.29. The van der Waals surface area contributed by atoms with E-state index in [0.29, 0.717) is 13.0 Å². The van der Waals surface area contributed by atoms with Crippen LogP contribution >= 0.6 is 11.8 Å². The van der Waals surface area contributed by atoms with Gasteiger partial charge in [-0.05, 0) is 43.2 Å². The molecule has 0 spiro atoms. The summed E-state index contributed by atoms with van der Waals surface area (Å²) >= 11 is -0.281. The number of likely N-dealkylation sites (tertiary alicyclic amines) is 1. The summed E-state index contributed by atoms with van der Waals surface area (Å²) in [5.74, 6) is -0.443. The number of benzene rings is 1. The van der Waals surface area contributed by atoms with Crippen molar-refractivity contribution in [2.24, 2.45) is 0 Å². The molecule has 1 fully saturated rings. The molecule has 1 amide bonds. The van der Waals surface area contributed by atoms with Crippen LogP contribution in [0.15, 0.2) is 29.2 Å². The number of aliphatic hydroxyl groups excluding tert-OH is 1. The van der Waals surface area contributed by atoms with E-state index in [-0.39, 0.29) is 34.9 Å². The average molecular weight is 319 g/mol. The Balaban J connectivity index is 2.26. The number of thioether (sulfide) groups is 1. The fourth-order valence-corrected chi connectivity index (χ4v) is 3.13. The second-order valence-corrected chi connectivity index (χ2v) is 5.98. The van der Waals surface area contributed by atoms with Crippen LogP contribution < -0.4 is 0 Å². The van der Waals surface area contributed by atoms with Crippen LogP contribution in [0.25, 0.3) is 0 Å². The molecule has 1 heterocycles. The van der Waals surface area contributed by atoms with Gasteiger partial charge in [-0.2, -0.15) is 13.2 Å². The van der Waals surface area contributed by atoms with E-state index in [9.17, 15) is 23.1 Å². The van der Waals surface area contributed by atoms with Gasteiger partial charge in [0, 0.05) is 11.4 Å². The summed E-state index contributed by atoms with van der Waals surface area (Å²) in [5, 5.41) is 9.33. The number of nitrogens with zero attached hydrogens (tertiary/aromatic N) is 1. The van der Waals surface area contributed by atoms with Gasteiger partial charge in [0.15, 0.2) is 0 Å². The Morgan fingerprint density at radius 2 is 2.05 bits per heavy atom. The van der Waals surface area contributed by atoms with Crippen molar-refractivity contribution in [1.29, 1.82) is 0 Å². The Kier molecular flexibility index (Phi) is 5.16. The molecule has 0 aliphatic carbocycles. The molecule has 1 aromatic carbocycles. The number of carbonyl (C=O) groups is 1. The number of hydrogen-bond acceptors (Lipinski definition) is 3. The molecular formula is C14H16F3NO2S. The third-order valence-corrected chi connectivity index (χ3v) is 4.25. The summed E-state index contributed by atoms with van der Waals surface area (Å²) in [6, 6.07) is 5.41. The Morgan fingerprint density at radius 1 is 1.33 bits per heavy atom. The molecule has 0 aromatic heterocycles. The molecular weight excluding hydrogens is 303 g/mol. The van der Waals surface area contributed by atoms with Crippen LogP contribution in [0.3, 0.4) is 0 Å². The standard InChI is InChI=1S/C14H16F3NO2S/c15-14(16,17)21-12-7-2-1-6-11(12)13(20)18-8-4-3-5-10(18)9-19/h1-2,6-7,10,19H,3-5,8-9H2. The van der Waals surface area contributed by atoms with Crippen molar-refractivity contribution in [2.75, 3.05) is 13.2 Å². The second-order valence-electron chi connectivity index (χ2n) is 4.87. The maximum absolute atomic E-state index is 12.6. The highest BCUT2D eigenvalue weighted by Gasteiger charge is 2.33. The first-order valence-corrected chi connectivity index (χ1v) is 7.50. The molecule has 1 atom stereocenters. The maximum Gasteiger partial charge on any atom is 0.446 e. The molecule has 1 aromatic rings. The topological polar surface area (TPSA) is 40.5 Å². The lowest BCUT2D eigenvalue weighted by Crippen LogP contribution is -2.45. The summed E-state index contributed by atoms with van der Waals surface area (Å²) in [5.41, 5.74) is -4.39. The molecule has 1 N–H and O–H groups in total. The van der Waals surface area contributed by atoms with Crippen LogP contribution in [-0.4, -0.2) is 40.6 Å². The van der Waals surface area contributed by atoms with Crippen LogP contribution in [0.1, 0.15) is 29.6 Å². The maximum atomic E-state index is 12.6. The molecule has 21 heavy (non-hydrogen) atoms. The molecule has 1 saturated heterocycles. The van der Waals surface area contributed by atoms with E-state index in [4.69, 9.17) is 0 Å². The molecule has 1 aliphatic rings. The minimum absolute atomic E-state index is 0.0418. The van der Waals surface area contributed by atoms with Crippen LogP contribution in [0, 0.1) is 0 Å². The van der Waals surface area contributed by atoms with E-state index < -0.39 is 11.4 Å². The lowest BCUT2D eigenvalue weighted by atomic mass is 10.0. The molecule has 0 saturated carbocycles. The lowest BCUT2D eigenvalue weighted by Gasteiger charge is -2.35. The van der Waals surface area contributed by atoms with Gasteiger partial charge in [0.1, 0.15) is 0 Å². The molecule has 0 radical (unpaired) electrons. The monoisotopic (exact) mass is 319 g/mol. The zero-order valence-corrected chi connectivity index (χ0v) is 12.1. The number of alkyl halides is 3. The molecule has 1 unspecified atom stereocenters. The van der Waals surface area contributed by atoms with Gasteiger partial charge in [-0.25, -0.2) is 0 Å². The van der Waals surface area contributed by atoms with Gasteiger partial charge in [0.05, 0.1) is 18.2 Å². The van der Waals surface area contributed by atoms with Crippen molar-refractivity contribution in [3.8, 4) is 0 Å². The van der Waals surface area contributed by atoms with Crippen molar-refractivity contribution in [3.63, 3.8) is 0 Å². The highest BCUT2D eigenvalue weighted by atomic mass is 32.2. The first-order valence-electron chi connectivity index (χ1n) is 6.69. The third-order valence-electron chi connectivity index (χ3n) is 3.44. The predicted molar refractivity (Wildman–Crippen MR) is 74.1 cm³/mol. The van der Waals surface area contributed by atoms with Gasteiger partial charge in [-0.1, -0.05) is 12.1 Å². The summed E-state index contributed by atoms with van der Waals surface area (Å²) in [4.78, 5) is 13.9. The fraction of sp³-hybridized carbons (Fsp3) is 0.500. The molecule has 3 nitrogen and oxygen atoms in total. The van der Waals surface area contributed by atoms with Gasteiger partial charge in [-0.3, -0.25) is 4.79 Å². The first-order chi connectivity index (χ1) is 9.92. The molecule has 7 heteroatoms. The Morgan fingerprint density at radius 3 is 2.71 bits per heavy atom. The van der Waals surface area contributed by atoms with Crippen molar-refractivity contribution in [3.05, 3.63) is 29.8 Å². The second kappa shape index (κ2) is 6.70. The minimum atomic E-state index is -4.44. The highest BCUT2D eigenvalue weighted by Crippen LogP contribution is 2.39. The Bertz CT molecular complexity index is 507. The number of amides is 1. The SMILES string of the molecule is O=C(c1ccccc1SC(F)(F)F)N1CCCCC1CO. The zero-order valence-electron chi connectivity index (χ0n) is 11.3. The third kappa shape index (κ3) is 4.14. The minimum Gasteiger partial charge on any atom is -0.394 e. The van der Waals surface area contributed by atoms with Crippen LogP contribution in [-0.2, 0) is 0 Å². The van der Waals surface area contributed by atoms with Crippen molar-refractivity contribution < 1.29 is 23.1 Å². The summed E-state index contributed by atoms with van der Waals surface area (Å²) in [6.45, 7) is 0.301. The quantitative estimate of drug-likeness (QED) is 0.869. The van der Waals surface area contributed by atoms with Gasteiger partial charge in [0.25, 0.3) is 5.91 Å². The van der Waals surface area contributed by atoms with Crippen LogP contribution in [0.5, 0.6) is 0 Å². The van der Waals surface area contributed by atoms with Gasteiger partial charge < -0.3 is 10.0 Å². The largest absolute Gasteiger partial charge is 0.446 e. The van der Waals surface area contributed by atoms with Crippen LogP contribution in [0.4, 0.5) is 13.2 Å². The van der Waals surface area contributed by atoms with E-state index in [0.717, 1.165) is 12.8 Å². The fourth-order valence-electron chi connectivity index (χ4n) is 2.47. The smallest absolute Gasteiger partial charge is 0.394 e. The van der Waals surface area contributed by atoms with Gasteiger partial charge in [-0.15, -0.1) is 0 Å². The Hall–Kier alpha value is -1.21. The van der Waals surface area contributed by atoms with E-state index in [1.165, 1.54) is 23.1 Å². The Labute approximate surface area is 125 Å². The van der Waals surface area contributed by atoms with Gasteiger partial charge in [0.2, 0.25) is 0 Å². The van der Waals surface area contributed by atoms with Crippen molar-refractivity contribution in [1.82, 2.24) is 4.90 Å². The van der Waals surface area contributed by atoms with Crippen molar-refractivity contribution in [2.45, 2.75) is 35.7 Å². The normalized spacial score (nSPS) is 19.6. The number of piperidine rings is 1. The molecule has 2 rings (SSSR count). The van der Waals surface area contributed by atoms with E-state index in [1.807, 2.05) is 0 Å². The number of aliphatic hydroxyl groups is 1. The van der Waals surface area contributed by atoms with Crippen LogP contribution in [0.2, 0.25) is 0 Å². The van der Waals surface area contributed by atoms with E-state index in [2.05, 4.69) is 0 Å². The molecule has 1 aliphatic heterocycles. The molecule has 116 valence electrons. The van der Waals surface area contributed by atoms with Gasteiger partial charge >= 0.3 is 5.51 Å². The highest BCUT2D eigenvalue weighted by molar-refractivity contribution is 8.00. The molecule has 0 bridgehead atoms. The summed E-state index contributed by atoms with van der Waals surface area (Å²) in [6.07, 6.45) is 2.39.